The Morgan fingerprint density at radius 1 is 1.47 bits per heavy atom. The van der Waals surface area contributed by atoms with Gasteiger partial charge in [-0.3, -0.25) is 9.59 Å². The van der Waals surface area contributed by atoms with Crippen LogP contribution in [-0.2, 0) is 0 Å². The average molecular weight is 237 g/mol. The number of hydrogen-bond acceptors (Lipinski definition) is 3. The monoisotopic (exact) mass is 237 g/mol. The highest BCUT2D eigenvalue weighted by atomic mass is 16.3. The minimum absolute atomic E-state index is 0.122. The van der Waals surface area contributed by atoms with Gasteiger partial charge in [0.05, 0.1) is 0 Å². The molecule has 17 heavy (non-hydrogen) atoms. The molecule has 1 heterocycles. The summed E-state index contributed by atoms with van der Waals surface area (Å²) in [4.78, 5) is 26.0. The van der Waals surface area contributed by atoms with Crippen molar-refractivity contribution in [1.82, 2.24) is 4.98 Å². The van der Waals surface area contributed by atoms with Gasteiger partial charge in [-0.05, 0) is 18.4 Å². The molecular weight excluding hydrogens is 218 g/mol. The first-order valence-corrected chi connectivity index (χ1v) is 5.92. The number of rotatable bonds is 5. The lowest BCUT2D eigenvalue weighted by Gasteiger charge is -2.14. The van der Waals surface area contributed by atoms with Crippen LogP contribution in [-0.4, -0.2) is 15.9 Å². The summed E-state index contributed by atoms with van der Waals surface area (Å²) in [5, 5.41) is 9.56. The van der Waals surface area contributed by atoms with Crippen LogP contribution in [0.2, 0.25) is 0 Å². The Kier molecular flexibility index (Phi) is 4.49. The zero-order valence-electron chi connectivity index (χ0n) is 10.5. The molecule has 2 atom stereocenters. The Morgan fingerprint density at radius 2 is 2.12 bits per heavy atom. The number of ketones is 1. The SMILES string of the molecule is CC[C@@H](C)C[C@H](C)C(=O)c1c(O)cc[nH]c1=O. The normalized spacial score (nSPS) is 14.3. The second-order valence-electron chi connectivity index (χ2n) is 4.58. The van der Waals surface area contributed by atoms with Crippen LogP contribution in [0.5, 0.6) is 5.75 Å². The van der Waals surface area contributed by atoms with E-state index in [9.17, 15) is 14.7 Å². The summed E-state index contributed by atoms with van der Waals surface area (Å²) in [6.45, 7) is 5.92. The molecule has 1 aromatic heterocycles. The van der Waals surface area contributed by atoms with Crippen LogP contribution in [0.3, 0.4) is 0 Å². The van der Waals surface area contributed by atoms with Gasteiger partial charge in [0.15, 0.2) is 5.78 Å². The molecule has 0 aliphatic carbocycles. The lowest BCUT2D eigenvalue weighted by atomic mass is 9.89. The smallest absolute Gasteiger partial charge is 0.262 e. The van der Waals surface area contributed by atoms with E-state index in [0.717, 1.165) is 12.8 Å². The van der Waals surface area contributed by atoms with E-state index < -0.39 is 5.56 Å². The summed E-state index contributed by atoms with van der Waals surface area (Å²) >= 11 is 0. The molecule has 94 valence electrons. The van der Waals surface area contributed by atoms with Gasteiger partial charge in [0.25, 0.3) is 5.56 Å². The number of Topliss-reactive ketones (excluding diaryl/α,β-unsaturated/α-hetero) is 1. The molecule has 1 aromatic rings. The number of pyridine rings is 1. The van der Waals surface area contributed by atoms with E-state index >= 15 is 0 Å². The fourth-order valence-corrected chi connectivity index (χ4v) is 1.83. The van der Waals surface area contributed by atoms with Crippen molar-refractivity contribution in [3.05, 3.63) is 28.2 Å². The van der Waals surface area contributed by atoms with Crippen molar-refractivity contribution in [3.8, 4) is 5.75 Å². The third-order valence-electron chi connectivity index (χ3n) is 3.09. The highest BCUT2D eigenvalue weighted by Crippen LogP contribution is 2.21. The van der Waals surface area contributed by atoms with E-state index in [1.807, 2.05) is 0 Å². The predicted molar refractivity (Wildman–Crippen MR) is 66.3 cm³/mol. The minimum Gasteiger partial charge on any atom is -0.507 e. The van der Waals surface area contributed by atoms with Crippen LogP contribution in [0.4, 0.5) is 0 Å². The summed E-state index contributed by atoms with van der Waals surface area (Å²) in [5.41, 5.74) is -0.644. The Balaban J connectivity index is 2.93. The molecule has 1 rings (SSSR count). The first-order chi connectivity index (χ1) is 7.97. The van der Waals surface area contributed by atoms with Crippen molar-refractivity contribution < 1.29 is 9.90 Å². The van der Waals surface area contributed by atoms with Crippen LogP contribution in [0.1, 0.15) is 44.0 Å². The highest BCUT2D eigenvalue weighted by molar-refractivity contribution is 5.99. The zero-order valence-corrected chi connectivity index (χ0v) is 10.5. The van der Waals surface area contributed by atoms with Crippen molar-refractivity contribution in [3.63, 3.8) is 0 Å². The van der Waals surface area contributed by atoms with Crippen molar-refractivity contribution in [1.29, 1.82) is 0 Å². The Labute approximate surface area is 101 Å². The molecule has 0 radical (unpaired) electrons. The fraction of sp³-hybridized carbons (Fsp3) is 0.538. The van der Waals surface area contributed by atoms with Gasteiger partial charge in [0, 0.05) is 12.1 Å². The second kappa shape index (κ2) is 5.66. The fourth-order valence-electron chi connectivity index (χ4n) is 1.83. The maximum atomic E-state index is 12.1. The number of carbonyl (C=O) groups excluding carboxylic acids is 1. The molecule has 0 saturated heterocycles. The molecule has 0 fully saturated rings. The topological polar surface area (TPSA) is 70.2 Å². The van der Waals surface area contributed by atoms with Gasteiger partial charge in [-0.1, -0.05) is 27.2 Å². The van der Waals surface area contributed by atoms with Gasteiger partial charge < -0.3 is 10.1 Å². The van der Waals surface area contributed by atoms with Crippen LogP contribution in [0, 0.1) is 11.8 Å². The van der Waals surface area contributed by atoms with E-state index in [4.69, 9.17) is 0 Å². The van der Waals surface area contributed by atoms with Gasteiger partial charge in [-0.25, -0.2) is 0 Å². The van der Waals surface area contributed by atoms with Crippen molar-refractivity contribution in [2.75, 3.05) is 0 Å². The lowest BCUT2D eigenvalue weighted by Crippen LogP contribution is -2.23. The maximum absolute atomic E-state index is 12.1. The molecule has 0 amide bonds. The first-order valence-electron chi connectivity index (χ1n) is 5.92. The van der Waals surface area contributed by atoms with E-state index in [0.29, 0.717) is 5.92 Å². The number of carbonyl (C=O) groups is 1. The Bertz CT molecular complexity index is 450. The average Bonchev–Trinajstić information content (AvgIpc) is 2.28. The standard InChI is InChI=1S/C13H19NO3/c1-4-8(2)7-9(3)12(16)11-10(15)5-6-14-13(11)17/h5-6,8-9H,4,7H2,1-3H3,(H2,14,15,17)/t8-,9+/m1/s1. The molecule has 4 nitrogen and oxygen atoms in total. The quantitative estimate of drug-likeness (QED) is 0.772. The summed E-state index contributed by atoms with van der Waals surface area (Å²) in [6.07, 6.45) is 3.05. The zero-order chi connectivity index (χ0) is 13.0. The molecule has 0 unspecified atom stereocenters. The Morgan fingerprint density at radius 3 is 2.65 bits per heavy atom. The largest absolute Gasteiger partial charge is 0.507 e. The van der Waals surface area contributed by atoms with E-state index in [2.05, 4.69) is 18.8 Å². The minimum atomic E-state index is -0.522. The second-order valence-corrected chi connectivity index (χ2v) is 4.58. The third kappa shape index (κ3) is 3.19. The van der Waals surface area contributed by atoms with E-state index in [1.165, 1.54) is 12.3 Å². The molecule has 0 spiro atoms. The molecule has 0 saturated carbocycles. The number of aromatic amines is 1. The van der Waals surface area contributed by atoms with Gasteiger partial charge in [-0.2, -0.15) is 0 Å². The first kappa shape index (κ1) is 13.5. The molecule has 0 aliphatic heterocycles. The highest BCUT2D eigenvalue weighted by Gasteiger charge is 2.22. The summed E-state index contributed by atoms with van der Waals surface area (Å²) in [6, 6.07) is 1.32. The van der Waals surface area contributed by atoms with E-state index in [-0.39, 0.29) is 23.0 Å². The van der Waals surface area contributed by atoms with Crippen molar-refractivity contribution >= 4 is 5.78 Å². The molecule has 0 aromatic carbocycles. The number of hydrogen-bond donors (Lipinski definition) is 2. The summed E-state index contributed by atoms with van der Waals surface area (Å²) in [5.74, 6) is -0.349. The van der Waals surface area contributed by atoms with Gasteiger partial charge in [0.2, 0.25) is 0 Å². The van der Waals surface area contributed by atoms with Gasteiger partial charge >= 0.3 is 0 Å². The number of aromatic hydroxyl groups is 1. The molecular formula is C13H19NO3. The predicted octanol–water partition coefficient (Wildman–Crippen LogP) is 2.34. The van der Waals surface area contributed by atoms with Crippen LogP contribution >= 0.6 is 0 Å². The van der Waals surface area contributed by atoms with Crippen LogP contribution < -0.4 is 5.56 Å². The lowest BCUT2D eigenvalue weighted by molar-refractivity contribution is 0.0908. The molecule has 0 aliphatic rings. The Hall–Kier alpha value is -1.58. The number of aromatic nitrogens is 1. The molecule has 0 bridgehead atoms. The number of H-pyrrole nitrogens is 1. The van der Waals surface area contributed by atoms with Crippen molar-refractivity contribution in [2.24, 2.45) is 11.8 Å². The maximum Gasteiger partial charge on any atom is 0.262 e. The molecule has 2 N–H and O–H groups in total. The van der Waals surface area contributed by atoms with Gasteiger partial charge in [0.1, 0.15) is 11.3 Å². The van der Waals surface area contributed by atoms with Crippen LogP contribution in [0.15, 0.2) is 17.1 Å². The van der Waals surface area contributed by atoms with Crippen LogP contribution in [0.25, 0.3) is 0 Å². The van der Waals surface area contributed by atoms with Gasteiger partial charge in [-0.15, -0.1) is 0 Å². The number of nitrogens with one attached hydrogen (secondary N) is 1. The molecule has 4 heteroatoms. The van der Waals surface area contributed by atoms with E-state index in [1.54, 1.807) is 6.92 Å². The van der Waals surface area contributed by atoms with Crippen molar-refractivity contribution in [2.45, 2.75) is 33.6 Å². The summed E-state index contributed by atoms with van der Waals surface area (Å²) in [7, 11) is 0. The summed E-state index contributed by atoms with van der Waals surface area (Å²) < 4.78 is 0. The third-order valence-corrected chi connectivity index (χ3v) is 3.09.